The van der Waals surface area contributed by atoms with E-state index in [1.165, 1.54) is 36.8 Å². The summed E-state index contributed by atoms with van der Waals surface area (Å²) < 4.78 is 0. The van der Waals surface area contributed by atoms with Gasteiger partial charge >= 0.3 is 6.03 Å². The Hall–Kier alpha value is -2.60. The van der Waals surface area contributed by atoms with Crippen molar-refractivity contribution in [1.82, 2.24) is 14.8 Å². The van der Waals surface area contributed by atoms with E-state index >= 15 is 0 Å². The number of benzene rings is 1. The third-order valence-corrected chi connectivity index (χ3v) is 6.60. The van der Waals surface area contributed by atoms with Crippen LogP contribution in [-0.4, -0.2) is 53.0 Å². The molecule has 3 heterocycles. The van der Waals surface area contributed by atoms with Gasteiger partial charge in [-0.15, -0.1) is 0 Å². The smallest absolute Gasteiger partial charge is 0.322 e. The number of hydrogen-bond donors (Lipinski definition) is 1. The Bertz CT molecular complexity index is 846. The quantitative estimate of drug-likeness (QED) is 0.867. The van der Waals surface area contributed by atoms with Gasteiger partial charge in [0.2, 0.25) is 0 Å². The molecule has 3 aliphatic rings. The minimum absolute atomic E-state index is 0.0515. The molecule has 0 radical (unpaired) electrons. The molecule has 152 valence electrons. The van der Waals surface area contributed by atoms with E-state index in [2.05, 4.69) is 32.2 Å². The van der Waals surface area contributed by atoms with Gasteiger partial charge < -0.3 is 15.1 Å². The molecule has 1 aromatic heterocycles. The van der Waals surface area contributed by atoms with Crippen LogP contribution in [0.25, 0.3) is 0 Å². The van der Waals surface area contributed by atoms with Crippen LogP contribution in [0.3, 0.4) is 0 Å². The van der Waals surface area contributed by atoms with Crippen LogP contribution in [0.1, 0.15) is 36.8 Å². The number of fused-ring (bicyclic) bond motifs is 1. The van der Waals surface area contributed by atoms with E-state index in [1.807, 2.05) is 29.2 Å². The maximum atomic E-state index is 12.7. The standard InChI is InChI=1S/C23H29N5O/c29-23(28-16-18-5-1-2-6-19(18)17-28)25-20-9-10-24-22(15-20)27-13-11-26(12-14-27)21-7-3-4-8-21/h1-2,5-6,9-10,15,21H,3-4,7-8,11-14,16-17H2,(H,24,25,29). The molecular weight excluding hydrogens is 362 g/mol. The highest BCUT2D eigenvalue weighted by Crippen LogP contribution is 2.26. The highest BCUT2D eigenvalue weighted by atomic mass is 16.2. The Morgan fingerprint density at radius 3 is 2.34 bits per heavy atom. The normalized spacial score (nSPS) is 20.1. The first-order chi connectivity index (χ1) is 14.3. The van der Waals surface area contributed by atoms with Crippen molar-refractivity contribution in [3.8, 4) is 0 Å². The summed E-state index contributed by atoms with van der Waals surface area (Å²) in [7, 11) is 0. The fourth-order valence-corrected chi connectivity index (χ4v) is 4.93. The predicted molar refractivity (Wildman–Crippen MR) is 115 cm³/mol. The number of urea groups is 1. The van der Waals surface area contributed by atoms with Crippen LogP contribution in [0.5, 0.6) is 0 Å². The third-order valence-electron chi connectivity index (χ3n) is 6.60. The van der Waals surface area contributed by atoms with E-state index in [0.717, 1.165) is 43.7 Å². The molecule has 0 atom stereocenters. The van der Waals surface area contributed by atoms with Gasteiger partial charge in [0.1, 0.15) is 5.82 Å². The molecule has 0 bridgehead atoms. The number of piperazine rings is 1. The Morgan fingerprint density at radius 2 is 1.66 bits per heavy atom. The number of hydrogen-bond acceptors (Lipinski definition) is 4. The maximum absolute atomic E-state index is 12.7. The van der Waals surface area contributed by atoms with Crippen LogP contribution in [0.4, 0.5) is 16.3 Å². The molecule has 6 heteroatoms. The molecule has 2 fully saturated rings. The lowest BCUT2D eigenvalue weighted by atomic mass is 10.1. The zero-order valence-corrected chi connectivity index (χ0v) is 16.9. The number of nitrogens with zero attached hydrogens (tertiary/aromatic N) is 4. The highest BCUT2D eigenvalue weighted by Gasteiger charge is 2.27. The molecule has 1 N–H and O–H groups in total. The zero-order valence-electron chi connectivity index (χ0n) is 16.9. The molecule has 2 aliphatic heterocycles. The summed E-state index contributed by atoms with van der Waals surface area (Å²) >= 11 is 0. The van der Waals surface area contributed by atoms with Gasteiger partial charge in [-0.1, -0.05) is 37.1 Å². The van der Waals surface area contributed by atoms with Crippen molar-refractivity contribution in [3.63, 3.8) is 0 Å². The van der Waals surface area contributed by atoms with E-state index in [-0.39, 0.29) is 6.03 Å². The van der Waals surface area contributed by atoms with Crippen LogP contribution in [0.2, 0.25) is 0 Å². The van der Waals surface area contributed by atoms with E-state index in [4.69, 9.17) is 0 Å². The highest BCUT2D eigenvalue weighted by molar-refractivity contribution is 5.90. The fourth-order valence-electron chi connectivity index (χ4n) is 4.93. The second-order valence-electron chi connectivity index (χ2n) is 8.42. The summed E-state index contributed by atoms with van der Waals surface area (Å²) in [5, 5.41) is 3.06. The first-order valence-electron chi connectivity index (χ1n) is 10.8. The Balaban J connectivity index is 1.19. The van der Waals surface area contributed by atoms with Crippen molar-refractivity contribution in [2.75, 3.05) is 36.4 Å². The van der Waals surface area contributed by atoms with E-state index in [0.29, 0.717) is 13.1 Å². The van der Waals surface area contributed by atoms with Gasteiger partial charge in [0.25, 0.3) is 0 Å². The van der Waals surface area contributed by atoms with E-state index in [9.17, 15) is 4.79 Å². The molecule has 1 aromatic carbocycles. The van der Waals surface area contributed by atoms with Gasteiger partial charge in [-0.3, -0.25) is 4.90 Å². The molecular formula is C23H29N5O. The Kier molecular flexibility index (Phi) is 5.10. The fraction of sp³-hybridized carbons (Fsp3) is 0.478. The van der Waals surface area contributed by atoms with Crippen LogP contribution in [0, 0.1) is 0 Å². The zero-order chi connectivity index (χ0) is 19.6. The number of carbonyl (C=O) groups excluding carboxylic acids is 1. The second kappa shape index (κ2) is 8.03. The Labute approximate surface area is 172 Å². The van der Waals surface area contributed by atoms with Gasteiger partial charge in [-0.05, 0) is 30.0 Å². The monoisotopic (exact) mass is 391 g/mol. The molecule has 1 saturated heterocycles. The predicted octanol–water partition coefficient (Wildman–Crippen LogP) is 3.69. The van der Waals surface area contributed by atoms with Gasteiger partial charge in [0.15, 0.2) is 0 Å². The topological polar surface area (TPSA) is 51.7 Å². The van der Waals surface area contributed by atoms with Crippen molar-refractivity contribution >= 4 is 17.5 Å². The van der Waals surface area contributed by atoms with Crippen molar-refractivity contribution in [2.45, 2.75) is 44.8 Å². The van der Waals surface area contributed by atoms with Crippen LogP contribution in [-0.2, 0) is 13.1 Å². The first kappa shape index (κ1) is 18.4. The first-order valence-corrected chi connectivity index (χ1v) is 10.8. The van der Waals surface area contributed by atoms with E-state index < -0.39 is 0 Å². The molecule has 0 unspecified atom stereocenters. The maximum Gasteiger partial charge on any atom is 0.322 e. The summed E-state index contributed by atoms with van der Waals surface area (Å²) in [6.07, 6.45) is 7.29. The number of aromatic nitrogens is 1. The number of nitrogens with one attached hydrogen (secondary N) is 1. The third kappa shape index (κ3) is 3.94. The van der Waals surface area contributed by atoms with Gasteiger partial charge in [-0.25, -0.2) is 9.78 Å². The number of amides is 2. The van der Waals surface area contributed by atoms with Crippen LogP contribution in [0.15, 0.2) is 42.6 Å². The minimum Gasteiger partial charge on any atom is -0.354 e. The molecule has 1 aliphatic carbocycles. The average molecular weight is 392 g/mol. The van der Waals surface area contributed by atoms with E-state index in [1.54, 1.807) is 6.20 Å². The lowest BCUT2D eigenvalue weighted by Gasteiger charge is -2.38. The van der Waals surface area contributed by atoms with Crippen LogP contribution < -0.4 is 10.2 Å². The van der Waals surface area contributed by atoms with Gasteiger partial charge in [-0.2, -0.15) is 0 Å². The largest absolute Gasteiger partial charge is 0.354 e. The number of carbonyl (C=O) groups is 1. The van der Waals surface area contributed by atoms with Crippen molar-refractivity contribution in [3.05, 3.63) is 53.7 Å². The molecule has 0 spiro atoms. The molecule has 6 nitrogen and oxygen atoms in total. The van der Waals surface area contributed by atoms with Gasteiger partial charge in [0, 0.05) is 63.3 Å². The average Bonchev–Trinajstić information content (AvgIpc) is 3.44. The molecule has 5 rings (SSSR count). The minimum atomic E-state index is -0.0515. The molecule has 2 aromatic rings. The molecule has 29 heavy (non-hydrogen) atoms. The van der Waals surface area contributed by atoms with Crippen molar-refractivity contribution in [1.29, 1.82) is 0 Å². The lowest BCUT2D eigenvalue weighted by molar-refractivity contribution is 0.187. The number of pyridine rings is 1. The number of rotatable bonds is 3. The van der Waals surface area contributed by atoms with Crippen LogP contribution >= 0.6 is 0 Å². The summed E-state index contributed by atoms with van der Waals surface area (Å²) in [4.78, 5) is 24.1. The summed E-state index contributed by atoms with van der Waals surface area (Å²) in [6.45, 7) is 5.56. The van der Waals surface area contributed by atoms with Gasteiger partial charge in [0.05, 0.1) is 0 Å². The number of anilines is 2. The summed E-state index contributed by atoms with van der Waals surface area (Å²) in [6, 6.07) is 12.9. The van der Waals surface area contributed by atoms with Crippen molar-refractivity contribution in [2.24, 2.45) is 0 Å². The lowest BCUT2D eigenvalue weighted by Crippen LogP contribution is -2.50. The second-order valence-corrected chi connectivity index (χ2v) is 8.42. The van der Waals surface area contributed by atoms with Crippen molar-refractivity contribution < 1.29 is 4.79 Å². The Morgan fingerprint density at radius 1 is 0.966 bits per heavy atom. The SMILES string of the molecule is O=C(Nc1ccnc(N2CCN(C3CCCC3)CC2)c1)N1Cc2ccccc2C1. The summed E-state index contributed by atoms with van der Waals surface area (Å²) in [5.74, 6) is 0.957. The molecule has 2 amide bonds. The summed E-state index contributed by atoms with van der Waals surface area (Å²) in [5.41, 5.74) is 3.28. The molecule has 1 saturated carbocycles.